The summed E-state index contributed by atoms with van der Waals surface area (Å²) in [5.74, 6) is 0.552. The molecule has 0 amide bonds. The number of imidazole rings is 1. The summed E-state index contributed by atoms with van der Waals surface area (Å²) < 4.78 is 2.47. The van der Waals surface area contributed by atoms with E-state index in [0.29, 0.717) is 17.1 Å². The molecule has 2 aromatic heterocycles. The van der Waals surface area contributed by atoms with Gasteiger partial charge in [-0.2, -0.15) is 4.98 Å². The highest BCUT2D eigenvalue weighted by Gasteiger charge is 2.28. The zero-order valence-corrected chi connectivity index (χ0v) is 12.7. The maximum atomic E-state index is 12.1. The van der Waals surface area contributed by atoms with Gasteiger partial charge >= 0.3 is 5.69 Å². The van der Waals surface area contributed by atoms with Crippen molar-refractivity contribution >= 4 is 17.1 Å². The summed E-state index contributed by atoms with van der Waals surface area (Å²) >= 11 is 0. The molecular weight excluding hydrogens is 270 g/mol. The first-order chi connectivity index (χ1) is 9.91. The van der Waals surface area contributed by atoms with Gasteiger partial charge in [0.15, 0.2) is 11.2 Å². The van der Waals surface area contributed by atoms with Crippen LogP contribution in [-0.4, -0.2) is 25.6 Å². The molecule has 2 heterocycles. The minimum Gasteiger partial charge on any atom is -0.355 e. The predicted octanol–water partition coefficient (Wildman–Crippen LogP) is 0.952. The van der Waals surface area contributed by atoms with E-state index in [1.165, 1.54) is 37.3 Å². The fraction of sp³-hybridized carbons (Fsp3) is 0.643. The van der Waals surface area contributed by atoms with Gasteiger partial charge in [-0.3, -0.25) is 13.9 Å². The molecule has 21 heavy (non-hydrogen) atoms. The number of nitrogens with zero attached hydrogens (tertiary/aromatic N) is 3. The SMILES string of the molecule is Cn1c(=O)c2[nH]c(NCC3(C)CCCC3)nc2n(C)c1=O. The van der Waals surface area contributed by atoms with Gasteiger partial charge < -0.3 is 10.3 Å². The lowest BCUT2D eigenvalue weighted by Crippen LogP contribution is -2.36. The second kappa shape index (κ2) is 4.75. The molecule has 7 nitrogen and oxygen atoms in total. The third-order valence-corrected chi connectivity index (χ3v) is 4.59. The van der Waals surface area contributed by atoms with E-state index in [1.54, 1.807) is 7.05 Å². The summed E-state index contributed by atoms with van der Waals surface area (Å²) in [5.41, 5.74) is 0.324. The summed E-state index contributed by atoms with van der Waals surface area (Å²) in [6.45, 7) is 3.09. The van der Waals surface area contributed by atoms with Crippen LogP contribution in [0, 0.1) is 5.41 Å². The molecular formula is C14H21N5O2. The number of aromatic nitrogens is 4. The molecule has 0 radical (unpaired) electrons. The zero-order chi connectivity index (χ0) is 15.2. The van der Waals surface area contributed by atoms with Gasteiger partial charge in [-0.1, -0.05) is 19.8 Å². The lowest BCUT2D eigenvalue weighted by atomic mass is 9.89. The lowest BCUT2D eigenvalue weighted by Gasteiger charge is -2.23. The van der Waals surface area contributed by atoms with E-state index >= 15 is 0 Å². The first-order valence-electron chi connectivity index (χ1n) is 7.31. The molecule has 1 saturated carbocycles. The fourth-order valence-corrected chi connectivity index (χ4v) is 3.11. The maximum absolute atomic E-state index is 12.1. The Bertz CT molecular complexity index is 792. The van der Waals surface area contributed by atoms with E-state index in [-0.39, 0.29) is 16.7 Å². The van der Waals surface area contributed by atoms with E-state index in [0.717, 1.165) is 11.1 Å². The quantitative estimate of drug-likeness (QED) is 0.882. The predicted molar refractivity (Wildman–Crippen MR) is 81.6 cm³/mol. The van der Waals surface area contributed by atoms with Gasteiger partial charge in [0.25, 0.3) is 5.56 Å². The van der Waals surface area contributed by atoms with Crippen LogP contribution in [0.4, 0.5) is 5.95 Å². The number of anilines is 1. The normalized spacial score (nSPS) is 17.5. The van der Waals surface area contributed by atoms with Crippen LogP contribution in [0.1, 0.15) is 32.6 Å². The topological polar surface area (TPSA) is 84.7 Å². The standard InChI is InChI=1S/C14H21N5O2/c1-14(6-4-5-7-14)8-15-12-16-9-10(17-12)18(2)13(21)19(3)11(9)20/h4-8H2,1-3H3,(H2,15,16,17). The smallest absolute Gasteiger partial charge is 0.332 e. The number of H-pyrrole nitrogens is 1. The van der Waals surface area contributed by atoms with E-state index in [1.807, 2.05) is 0 Å². The van der Waals surface area contributed by atoms with E-state index in [2.05, 4.69) is 22.2 Å². The van der Waals surface area contributed by atoms with E-state index in [9.17, 15) is 9.59 Å². The minimum atomic E-state index is -0.367. The van der Waals surface area contributed by atoms with Crippen molar-refractivity contribution in [3.8, 4) is 0 Å². The molecule has 0 spiro atoms. The number of fused-ring (bicyclic) bond motifs is 1. The molecule has 0 aliphatic heterocycles. The van der Waals surface area contributed by atoms with Gasteiger partial charge in [-0.25, -0.2) is 4.79 Å². The van der Waals surface area contributed by atoms with E-state index < -0.39 is 0 Å². The van der Waals surface area contributed by atoms with Crippen LogP contribution >= 0.6 is 0 Å². The van der Waals surface area contributed by atoms with Gasteiger partial charge in [0.1, 0.15) is 0 Å². The Morgan fingerprint density at radius 3 is 2.57 bits per heavy atom. The Labute approximate surface area is 122 Å². The van der Waals surface area contributed by atoms with Crippen LogP contribution in [0.2, 0.25) is 0 Å². The van der Waals surface area contributed by atoms with Gasteiger partial charge in [0, 0.05) is 20.6 Å². The maximum Gasteiger partial charge on any atom is 0.332 e. The fourth-order valence-electron chi connectivity index (χ4n) is 3.11. The van der Waals surface area contributed by atoms with Gasteiger partial charge in [0.2, 0.25) is 5.95 Å². The molecule has 114 valence electrons. The van der Waals surface area contributed by atoms with Crippen molar-refractivity contribution in [2.24, 2.45) is 19.5 Å². The first kappa shape index (κ1) is 13.9. The van der Waals surface area contributed by atoms with Crippen LogP contribution in [0.5, 0.6) is 0 Å². The highest BCUT2D eigenvalue weighted by molar-refractivity contribution is 5.72. The van der Waals surface area contributed by atoms with Crippen LogP contribution in [-0.2, 0) is 14.1 Å². The molecule has 1 aliphatic rings. The van der Waals surface area contributed by atoms with Crippen molar-refractivity contribution < 1.29 is 0 Å². The molecule has 2 aromatic rings. The van der Waals surface area contributed by atoms with Crippen molar-refractivity contribution in [1.29, 1.82) is 0 Å². The third kappa shape index (κ3) is 2.26. The Kier molecular flexibility index (Phi) is 3.15. The molecule has 7 heteroatoms. The van der Waals surface area contributed by atoms with Gasteiger partial charge in [-0.05, 0) is 18.3 Å². The number of hydrogen-bond donors (Lipinski definition) is 2. The summed E-state index contributed by atoms with van der Waals surface area (Å²) in [6, 6.07) is 0. The number of nitrogens with one attached hydrogen (secondary N) is 2. The summed E-state index contributed by atoms with van der Waals surface area (Å²) in [7, 11) is 3.09. The Morgan fingerprint density at radius 1 is 1.24 bits per heavy atom. The number of aryl methyl sites for hydroxylation is 1. The second-order valence-electron chi connectivity index (χ2n) is 6.36. The molecule has 0 bridgehead atoms. The van der Waals surface area contributed by atoms with Crippen LogP contribution < -0.4 is 16.6 Å². The lowest BCUT2D eigenvalue weighted by molar-refractivity contribution is 0.361. The highest BCUT2D eigenvalue weighted by Crippen LogP contribution is 2.37. The average Bonchev–Trinajstić information content (AvgIpc) is 3.08. The second-order valence-corrected chi connectivity index (χ2v) is 6.36. The first-order valence-corrected chi connectivity index (χ1v) is 7.31. The average molecular weight is 291 g/mol. The van der Waals surface area contributed by atoms with Gasteiger partial charge in [0.05, 0.1) is 0 Å². The molecule has 3 rings (SSSR count). The molecule has 0 unspecified atom stereocenters. The Balaban J connectivity index is 1.95. The van der Waals surface area contributed by atoms with Gasteiger partial charge in [-0.15, -0.1) is 0 Å². The van der Waals surface area contributed by atoms with Crippen molar-refractivity contribution in [2.45, 2.75) is 32.6 Å². The summed E-state index contributed by atoms with van der Waals surface area (Å²) in [4.78, 5) is 31.3. The summed E-state index contributed by atoms with van der Waals surface area (Å²) in [5, 5.41) is 3.28. The molecule has 2 N–H and O–H groups in total. The zero-order valence-electron chi connectivity index (χ0n) is 12.7. The number of aromatic amines is 1. The molecule has 1 fully saturated rings. The summed E-state index contributed by atoms with van der Waals surface area (Å²) in [6.07, 6.45) is 4.96. The van der Waals surface area contributed by atoms with Crippen molar-refractivity contribution in [3.63, 3.8) is 0 Å². The van der Waals surface area contributed by atoms with Crippen molar-refractivity contribution in [1.82, 2.24) is 19.1 Å². The van der Waals surface area contributed by atoms with Crippen LogP contribution in [0.15, 0.2) is 9.59 Å². The van der Waals surface area contributed by atoms with Crippen LogP contribution in [0.25, 0.3) is 11.2 Å². The molecule has 0 aromatic carbocycles. The third-order valence-electron chi connectivity index (χ3n) is 4.59. The Morgan fingerprint density at radius 2 is 1.90 bits per heavy atom. The van der Waals surface area contributed by atoms with Crippen LogP contribution in [0.3, 0.4) is 0 Å². The molecule has 1 aliphatic carbocycles. The number of hydrogen-bond acceptors (Lipinski definition) is 4. The Hall–Kier alpha value is -2.05. The molecule has 0 saturated heterocycles. The highest BCUT2D eigenvalue weighted by atomic mass is 16.2. The van der Waals surface area contributed by atoms with Crippen molar-refractivity contribution in [2.75, 3.05) is 11.9 Å². The van der Waals surface area contributed by atoms with Crippen molar-refractivity contribution in [3.05, 3.63) is 20.8 Å². The largest absolute Gasteiger partial charge is 0.355 e. The molecule has 0 atom stereocenters. The monoisotopic (exact) mass is 291 g/mol. The van der Waals surface area contributed by atoms with E-state index in [4.69, 9.17) is 0 Å². The minimum absolute atomic E-state index is 0.288. The number of rotatable bonds is 3.